The van der Waals surface area contributed by atoms with E-state index in [2.05, 4.69) is 5.32 Å². The van der Waals surface area contributed by atoms with Crippen LogP contribution in [0.1, 0.15) is 19.0 Å². The number of benzene rings is 1. The van der Waals surface area contributed by atoms with Gasteiger partial charge in [0, 0.05) is 30.4 Å². The number of imidazole rings is 1. The first-order chi connectivity index (χ1) is 12.1. The molecule has 6 heteroatoms. The van der Waals surface area contributed by atoms with E-state index >= 15 is 0 Å². The normalized spacial score (nSPS) is 10.8. The van der Waals surface area contributed by atoms with Gasteiger partial charge in [0.2, 0.25) is 5.91 Å². The number of rotatable bonds is 6. The minimum absolute atomic E-state index is 0.0913. The molecule has 130 valence electrons. The maximum absolute atomic E-state index is 11.7. The Hall–Kier alpha value is -2.86. The topological polar surface area (TPSA) is 81.6 Å². The average Bonchev–Trinajstić information content (AvgIpc) is 2.93. The van der Waals surface area contributed by atoms with Gasteiger partial charge in [0.15, 0.2) is 0 Å². The van der Waals surface area contributed by atoms with Crippen LogP contribution >= 0.6 is 0 Å². The maximum atomic E-state index is 11.7. The highest BCUT2D eigenvalue weighted by molar-refractivity contribution is 5.90. The van der Waals surface area contributed by atoms with Gasteiger partial charge in [-0.25, -0.2) is 4.98 Å². The third kappa shape index (κ3) is 3.64. The molecule has 3 rings (SSSR count). The number of nitrogens with one attached hydrogen (secondary N) is 1. The summed E-state index contributed by atoms with van der Waals surface area (Å²) in [6.45, 7) is 4.95. The van der Waals surface area contributed by atoms with Crippen LogP contribution in [-0.4, -0.2) is 28.4 Å². The molecule has 0 aliphatic carbocycles. The van der Waals surface area contributed by atoms with Crippen LogP contribution in [0.15, 0.2) is 42.6 Å². The van der Waals surface area contributed by atoms with Crippen LogP contribution < -0.4 is 15.8 Å². The summed E-state index contributed by atoms with van der Waals surface area (Å²) in [5.74, 6) is 0.754. The number of aryl methyl sites for hydroxylation is 1. The largest absolute Gasteiger partial charge is 0.494 e. The second kappa shape index (κ2) is 7.36. The number of anilines is 1. The van der Waals surface area contributed by atoms with Crippen molar-refractivity contribution in [3.05, 3.63) is 48.3 Å². The molecule has 0 aliphatic heterocycles. The molecule has 1 aromatic carbocycles. The van der Waals surface area contributed by atoms with E-state index < -0.39 is 0 Å². The van der Waals surface area contributed by atoms with Crippen molar-refractivity contribution in [1.82, 2.24) is 9.38 Å². The van der Waals surface area contributed by atoms with E-state index in [9.17, 15) is 4.79 Å². The van der Waals surface area contributed by atoms with E-state index in [4.69, 9.17) is 15.5 Å². The molecule has 0 bridgehead atoms. The van der Waals surface area contributed by atoms with E-state index in [-0.39, 0.29) is 5.91 Å². The van der Waals surface area contributed by atoms with Crippen molar-refractivity contribution in [2.24, 2.45) is 5.73 Å². The molecule has 0 radical (unpaired) electrons. The Labute approximate surface area is 146 Å². The fraction of sp³-hybridized carbons (Fsp3) is 0.263. The third-order valence-electron chi connectivity index (χ3n) is 3.95. The van der Waals surface area contributed by atoms with Gasteiger partial charge < -0.3 is 20.2 Å². The van der Waals surface area contributed by atoms with E-state index in [0.717, 1.165) is 34.0 Å². The van der Waals surface area contributed by atoms with Crippen molar-refractivity contribution in [1.29, 1.82) is 0 Å². The second-order valence-electron chi connectivity index (χ2n) is 5.74. The van der Waals surface area contributed by atoms with E-state index in [1.54, 1.807) is 0 Å². The lowest BCUT2D eigenvalue weighted by atomic mass is 10.1. The number of ether oxygens (including phenoxy) is 1. The van der Waals surface area contributed by atoms with Gasteiger partial charge in [-0.2, -0.15) is 0 Å². The molecule has 1 amide bonds. The van der Waals surface area contributed by atoms with Crippen molar-refractivity contribution in [2.75, 3.05) is 18.5 Å². The highest BCUT2D eigenvalue weighted by Gasteiger charge is 2.11. The lowest BCUT2D eigenvalue weighted by Crippen LogP contribution is -2.16. The number of nitrogens with zero attached hydrogens (tertiary/aromatic N) is 2. The molecule has 25 heavy (non-hydrogen) atoms. The van der Waals surface area contributed by atoms with Gasteiger partial charge in [-0.3, -0.25) is 4.79 Å². The summed E-state index contributed by atoms with van der Waals surface area (Å²) in [4.78, 5) is 16.4. The molecule has 0 saturated carbocycles. The van der Waals surface area contributed by atoms with Crippen molar-refractivity contribution in [3.8, 4) is 17.0 Å². The first kappa shape index (κ1) is 17.0. The van der Waals surface area contributed by atoms with Gasteiger partial charge in [0.1, 0.15) is 11.4 Å². The number of carbonyl (C=O) groups is 1. The van der Waals surface area contributed by atoms with Gasteiger partial charge in [-0.15, -0.1) is 0 Å². The summed E-state index contributed by atoms with van der Waals surface area (Å²) in [6, 6.07) is 11.6. The molecule has 0 aliphatic rings. The molecule has 2 heterocycles. The van der Waals surface area contributed by atoms with Crippen LogP contribution in [-0.2, 0) is 4.79 Å². The van der Waals surface area contributed by atoms with Crippen LogP contribution in [0.25, 0.3) is 16.9 Å². The first-order valence-corrected chi connectivity index (χ1v) is 8.34. The van der Waals surface area contributed by atoms with Crippen molar-refractivity contribution >= 4 is 17.2 Å². The van der Waals surface area contributed by atoms with Crippen LogP contribution in [0.2, 0.25) is 0 Å². The predicted molar refractivity (Wildman–Crippen MR) is 98.8 cm³/mol. The number of hydrogen-bond acceptors (Lipinski definition) is 4. The van der Waals surface area contributed by atoms with Gasteiger partial charge in [0.25, 0.3) is 0 Å². The summed E-state index contributed by atoms with van der Waals surface area (Å²) in [5, 5.41) is 2.85. The van der Waals surface area contributed by atoms with E-state index in [0.29, 0.717) is 19.6 Å². The Morgan fingerprint density at radius 3 is 2.68 bits per heavy atom. The standard InChI is InChI=1S/C19H22N4O2/c1-3-25-16-7-4-14(5-8-16)19-13(2)23-12-15(6-9-17(23)22-19)21-18(24)10-11-20/h4-9,12H,3,10-11,20H2,1-2H3,(H,21,24). The van der Waals surface area contributed by atoms with E-state index in [1.165, 1.54) is 0 Å². The number of nitrogens with two attached hydrogens (primary N) is 1. The second-order valence-corrected chi connectivity index (χ2v) is 5.74. The minimum Gasteiger partial charge on any atom is -0.494 e. The van der Waals surface area contributed by atoms with Crippen LogP contribution in [0, 0.1) is 6.92 Å². The number of hydrogen-bond donors (Lipinski definition) is 2. The maximum Gasteiger partial charge on any atom is 0.225 e. The highest BCUT2D eigenvalue weighted by atomic mass is 16.5. The Kier molecular flexibility index (Phi) is 5.00. The first-order valence-electron chi connectivity index (χ1n) is 8.34. The smallest absolute Gasteiger partial charge is 0.225 e. The van der Waals surface area contributed by atoms with Gasteiger partial charge >= 0.3 is 0 Å². The molecule has 2 aromatic heterocycles. The van der Waals surface area contributed by atoms with Gasteiger partial charge in [-0.1, -0.05) is 0 Å². The fourth-order valence-corrected chi connectivity index (χ4v) is 2.74. The number of fused-ring (bicyclic) bond motifs is 1. The molecule has 0 saturated heterocycles. The summed E-state index contributed by atoms with van der Waals surface area (Å²) < 4.78 is 7.46. The zero-order valence-corrected chi connectivity index (χ0v) is 14.5. The van der Waals surface area contributed by atoms with Crippen molar-refractivity contribution in [3.63, 3.8) is 0 Å². The molecule has 3 N–H and O–H groups in total. The van der Waals surface area contributed by atoms with Gasteiger partial charge in [0.05, 0.1) is 18.0 Å². The fourth-order valence-electron chi connectivity index (χ4n) is 2.74. The summed E-state index contributed by atoms with van der Waals surface area (Å²) in [6.07, 6.45) is 2.18. The molecule has 0 spiro atoms. The van der Waals surface area contributed by atoms with Gasteiger partial charge in [-0.05, 0) is 50.2 Å². The molecular weight excluding hydrogens is 316 g/mol. The monoisotopic (exact) mass is 338 g/mol. The zero-order chi connectivity index (χ0) is 17.8. The third-order valence-corrected chi connectivity index (χ3v) is 3.95. The lowest BCUT2D eigenvalue weighted by Gasteiger charge is -2.06. The Balaban J connectivity index is 1.92. The average molecular weight is 338 g/mol. The Morgan fingerprint density at radius 2 is 2.00 bits per heavy atom. The minimum atomic E-state index is -0.0913. The lowest BCUT2D eigenvalue weighted by molar-refractivity contribution is -0.116. The van der Waals surface area contributed by atoms with E-state index in [1.807, 2.05) is 60.8 Å². The number of carbonyl (C=O) groups excluding carboxylic acids is 1. The van der Waals surface area contributed by atoms with Crippen LogP contribution in [0.3, 0.4) is 0 Å². The molecule has 0 fully saturated rings. The Bertz CT molecular complexity index is 884. The Morgan fingerprint density at radius 1 is 1.24 bits per heavy atom. The number of amides is 1. The molecule has 0 unspecified atom stereocenters. The highest BCUT2D eigenvalue weighted by Crippen LogP contribution is 2.26. The molecule has 6 nitrogen and oxygen atoms in total. The molecular formula is C19H22N4O2. The van der Waals surface area contributed by atoms with Crippen LogP contribution in [0.4, 0.5) is 5.69 Å². The number of aromatic nitrogens is 2. The van der Waals surface area contributed by atoms with Crippen LogP contribution in [0.5, 0.6) is 5.75 Å². The summed E-state index contributed by atoms with van der Waals surface area (Å²) >= 11 is 0. The summed E-state index contributed by atoms with van der Waals surface area (Å²) in [7, 11) is 0. The predicted octanol–water partition coefficient (Wildman–Crippen LogP) is 3.00. The number of pyridine rings is 1. The van der Waals surface area contributed by atoms with Crippen molar-refractivity contribution < 1.29 is 9.53 Å². The van der Waals surface area contributed by atoms with Crippen molar-refractivity contribution in [2.45, 2.75) is 20.3 Å². The molecule has 3 aromatic rings. The molecule has 0 atom stereocenters. The SMILES string of the molecule is CCOc1ccc(-c2nc3ccc(NC(=O)CCN)cn3c2C)cc1. The zero-order valence-electron chi connectivity index (χ0n) is 14.5. The quantitative estimate of drug-likeness (QED) is 0.724. The summed E-state index contributed by atoms with van der Waals surface area (Å²) in [5.41, 5.74) is 9.91.